The van der Waals surface area contributed by atoms with Gasteiger partial charge in [-0.15, -0.1) is 0 Å². The fourth-order valence-corrected chi connectivity index (χ4v) is 3.33. The van der Waals surface area contributed by atoms with Crippen molar-refractivity contribution in [3.63, 3.8) is 0 Å². The molecule has 0 amide bonds. The van der Waals surface area contributed by atoms with Crippen LogP contribution in [0, 0.1) is 19.7 Å². The summed E-state index contributed by atoms with van der Waals surface area (Å²) in [6.45, 7) is 3.62. The second kappa shape index (κ2) is 5.65. The largest absolute Gasteiger partial charge is 0.398 e. The molecule has 0 spiro atoms. The van der Waals surface area contributed by atoms with Crippen molar-refractivity contribution in [1.29, 1.82) is 0 Å². The predicted octanol–water partition coefficient (Wildman–Crippen LogP) is 3.59. The van der Waals surface area contributed by atoms with Gasteiger partial charge in [0.2, 0.25) is 0 Å². The van der Waals surface area contributed by atoms with Gasteiger partial charge in [-0.05, 0) is 71.2 Å². The van der Waals surface area contributed by atoms with E-state index in [4.69, 9.17) is 5.73 Å². The molecular weight excluding hydrogens is 359 g/mol. The Morgan fingerprint density at radius 1 is 1.19 bits per heavy atom. The number of nitrogens with two attached hydrogens (primary N) is 1. The van der Waals surface area contributed by atoms with Crippen LogP contribution in [-0.2, 0) is 10.0 Å². The first-order chi connectivity index (χ1) is 9.70. The highest BCUT2D eigenvalue weighted by Crippen LogP contribution is 2.25. The van der Waals surface area contributed by atoms with Crippen LogP contribution in [0.1, 0.15) is 11.1 Å². The predicted molar refractivity (Wildman–Crippen MR) is 85.2 cm³/mol. The quantitative estimate of drug-likeness (QED) is 0.808. The van der Waals surface area contributed by atoms with Gasteiger partial charge in [0.15, 0.2) is 0 Å². The van der Waals surface area contributed by atoms with Crippen LogP contribution in [0.2, 0.25) is 0 Å². The van der Waals surface area contributed by atoms with Gasteiger partial charge in [-0.3, -0.25) is 4.72 Å². The van der Waals surface area contributed by atoms with Crippen molar-refractivity contribution < 1.29 is 12.8 Å². The van der Waals surface area contributed by atoms with Gasteiger partial charge >= 0.3 is 0 Å². The molecular formula is C14H14BrFN2O2S. The molecule has 0 saturated carbocycles. The first kappa shape index (κ1) is 15.8. The molecule has 0 aliphatic carbocycles. The van der Waals surface area contributed by atoms with Crippen molar-refractivity contribution >= 4 is 37.3 Å². The molecule has 112 valence electrons. The summed E-state index contributed by atoms with van der Waals surface area (Å²) >= 11 is 3.01. The Bertz CT molecular complexity index is 784. The molecule has 3 N–H and O–H groups in total. The highest BCUT2D eigenvalue weighted by atomic mass is 79.9. The van der Waals surface area contributed by atoms with Crippen LogP contribution >= 0.6 is 15.9 Å². The van der Waals surface area contributed by atoms with Crippen LogP contribution in [0.4, 0.5) is 15.8 Å². The number of anilines is 2. The molecule has 0 fully saturated rings. The average Bonchev–Trinajstić information content (AvgIpc) is 2.39. The Kier molecular flexibility index (Phi) is 4.25. The Hall–Kier alpha value is -1.60. The van der Waals surface area contributed by atoms with E-state index in [-0.39, 0.29) is 15.1 Å². The van der Waals surface area contributed by atoms with Crippen molar-refractivity contribution in [3.05, 3.63) is 51.7 Å². The van der Waals surface area contributed by atoms with Crippen molar-refractivity contribution in [1.82, 2.24) is 0 Å². The molecule has 0 atom stereocenters. The lowest BCUT2D eigenvalue weighted by Crippen LogP contribution is -2.14. The number of hydrogen-bond donors (Lipinski definition) is 2. The molecule has 7 heteroatoms. The minimum absolute atomic E-state index is 0.0727. The van der Waals surface area contributed by atoms with E-state index in [0.717, 1.165) is 11.1 Å². The fourth-order valence-electron chi connectivity index (χ4n) is 1.78. The molecule has 0 aliphatic heterocycles. The molecule has 4 nitrogen and oxygen atoms in total. The van der Waals surface area contributed by atoms with Gasteiger partial charge in [0.25, 0.3) is 10.0 Å². The monoisotopic (exact) mass is 372 g/mol. The molecule has 2 aromatic carbocycles. The van der Waals surface area contributed by atoms with Gasteiger partial charge in [-0.1, -0.05) is 0 Å². The SMILES string of the molecule is Cc1cc(S(=O)(=O)Nc2ccc(F)c(Br)c2)cc(N)c1C. The molecule has 21 heavy (non-hydrogen) atoms. The van der Waals surface area contributed by atoms with E-state index >= 15 is 0 Å². The van der Waals surface area contributed by atoms with E-state index in [2.05, 4.69) is 20.7 Å². The number of nitrogens with one attached hydrogen (secondary N) is 1. The number of aryl methyl sites for hydroxylation is 1. The van der Waals surface area contributed by atoms with Crippen LogP contribution in [0.15, 0.2) is 39.7 Å². The second-order valence-corrected chi connectivity index (χ2v) is 7.23. The summed E-state index contributed by atoms with van der Waals surface area (Å²) in [4.78, 5) is 0.0727. The topological polar surface area (TPSA) is 72.2 Å². The van der Waals surface area contributed by atoms with Gasteiger partial charge in [0, 0.05) is 5.69 Å². The summed E-state index contributed by atoms with van der Waals surface area (Å²) in [5.41, 5.74) is 8.12. The smallest absolute Gasteiger partial charge is 0.261 e. The lowest BCUT2D eigenvalue weighted by atomic mass is 10.1. The molecule has 0 aliphatic rings. The fraction of sp³-hybridized carbons (Fsp3) is 0.143. The number of halogens is 2. The summed E-state index contributed by atoms with van der Waals surface area (Å²) in [5.74, 6) is -0.464. The van der Waals surface area contributed by atoms with Crippen molar-refractivity contribution in [2.45, 2.75) is 18.7 Å². The van der Waals surface area contributed by atoms with E-state index < -0.39 is 15.8 Å². The van der Waals surface area contributed by atoms with Gasteiger partial charge < -0.3 is 5.73 Å². The summed E-state index contributed by atoms with van der Waals surface area (Å²) in [6, 6.07) is 6.84. The third-order valence-corrected chi connectivity index (χ3v) is 5.13. The van der Waals surface area contributed by atoms with E-state index in [1.807, 2.05) is 6.92 Å². The molecule has 2 aromatic rings. The Morgan fingerprint density at radius 2 is 1.86 bits per heavy atom. The van der Waals surface area contributed by atoms with Crippen molar-refractivity contribution in [3.8, 4) is 0 Å². The zero-order valence-corrected chi connectivity index (χ0v) is 13.8. The number of nitrogen functional groups attached to an aromatic ring is 1. The normalized spacial score (nSPS) is 11.4. The molecule has 0 aromatic heterocycles. The number of benzene rings is 2. The van der Waals surface area contributed by atoms with Crippen LogP contribution in [-0.4, -0.2) is 8.42 Å². The second-order valence-electron chi connectivity index (χ2n) is 4.69. The molecule has 0 heterocycles. The number of sulfonamides is 1. The molecule has 0 saturated heterocycles. The molecule has 0 unspecified atom stereocenters. The first-order valence-corrected chi connectivity index (χ1v) is 8.33. The number of rotatable bonds is 3. The Morgan fingerprint density at radius 3 is 2.43 bits per heavy atom. The van der Waals surface area contributed by atoms with Gasteiger partial charge in [0.1, 0.15) is 5.82 Å². The Labute approximate surface area is 131 Å². The van der Waals surface area contributed by atoms with Gasteiger partial charge in [0.05, 0.1) is 15.1 Å². The summed E-state index contributed by atoms with van der Waals surface area (Å²) in [6.07, 6.45) is 0. The van der Waals surface area contributed by atoms with Crippen LogP contribution in [0.5, 0.6) is 0 Å². The maximum absolute atomic E-state index is 13.2. The maximum atomic E-state index is 13.2. The van der Waals surface area contributed by atoms with Gasteiger partial charge in [-0.25, -0.2) is 12.8 Å². The molecule has 0 radical (unpaired) electrons. The van der Waals surface area contributed by atoms with Crippen LogP contribution in [0.3, 0.4) is 0 Å². The maximum Gasteiger partial charge on any atom is 0.261 e. The van der Waals surface area contributed by atoms with E-state index in [0.29, 0.717) is 5.69 Å². The summed E-state index contributed by atoms with van der Waals surface area (Å²) in [5, 5.41) is 0. The Balaban J connectivity index is 2.40. The lowest BCUT2D eigenvalue weighted by Gasteiger charge is -2.12. The molecule has 0 bridgehead atoms. The van der Waals surface area contributed by atoms with E-state index in [1.54, 1.807) is 13.0 Å². The highest BCUT2D eigenvalue weighted by Gasteiger charge is 2.17. The van der Waals surface area contributed by atoms with Crippen LogP contribution in [0.25, 0.3) is 0 Å². The third-order valence-electron chi connectivity index (χ3n) is 3.16. The standard InChI is InChI=1S/C14H14BrFN2O2S/c1-8-5-11(7-14(17)9(8)2)21(19,20)18-10-3-4-13(16)12(15)6-10/h3-7,18H,17H2,1-2H3. The van der Waals surface area contributed by atoms with E-state index in [9.17, 15) is 12.8 Å². The highest BCUT2D eigenvalue weighted by molar-refractivity contribution is 9.10. The summed E-state index contributed by atoms with van der Waals surface area (Å²) in [7, 11) is -3.78. The molecule has 2 rings (SSSR count). The summed E-state index contributed by atoms with van der Waals surface area (Å²) < 4.78 is 40.4. The lowest BCUT2D eigenvalue weighted by molar-refractivity contribution is 0.600. The van der Waals surface area contributed by atoms with Crippen molar-refractivity contribution in [2.24, 2.45) is 0 Å². The number of hydrogen-bond acceptors (Lipinski definition) is 3. The van der Waals surface area contributed by atoms with Gasteiger partial charge in [-0.2, -0.15) is 0 Å². The third kappa shape index (κ3) is 3.36. The zero-order chi connectivity index (χ0) is 15.8. The van der Waals surface area contributed by atoms with Crippen LogP contribution < -0.4 is 10.5 Å². The zero-order valence-electron chi connectivity index (χ0n) is 11.4. The van der Waals surface area contributed by atoms with E-state index in [1.165, 1.54) is 24.3 Å². The average molecular weight is 373 g/mol. The minimum atomic E-state index is -3.78. The minimum Gasteiger partial charge on any atom is -0.398 e. The van der Waals surface area contributed by atoms with Crippen molar-refractivity contribution in [2.75, 3.05) is 10.5 Å². The first-order valence-electron chi connectivity index (χ1n) is 6.05.